The number of hydrogen-bond donors (Lipinski definition) is 2. The van der Waals surface area contributed by atoms with Gasteiger partial charge in [-0.1, -0.05) is 17.7 Å². The number of benzene rings is 1. The van der Waals surface area contributed by atoms with Gasteiger partial charge in [0.25, 0.3) is 0 Å². The minimum absolute atomic E-state index is 0.168. The summed E-state index contributed by atoms with van der Waals surface area (Å²) in [4.78, 5) is 0. The van der Waals surface area contributed by atoms with Gasteiger partial charge in [0, 0.05) is 16.1 Å². The number of hydrogen-bond acceptors (Lipinski definition) is 2. The van der Waals surface area contributed by atoms with Gasteiger partial charge in [0.1, 0.15) is 5.82 Å². The van der Waals surface area contributed by atoms with E-state index in [9.17, 15) is 9.50 Å². The molecule has 0 saturated heterocycles. The molecule has 4 heteroatoms. The Morgan fingerprint density at radius 1 is 1.50 bits per heavy atom. The van der Waals surface area contributed by atoms with Crippen molar-refractivity contribution in [1.82, 2.24) is 0 Å². The molecule has 78 valence electrons. The van der Waals surface area contributed by atoms with Crippen LogP contribution in [0.5, 0.6) is 0 Å². The Bertz CT molecular complexity index is 335. The molecule has 14 heavy (non-hydrogen) atoms. The number of nitrogens with two attached hydrogens (primary N) is 1. The van der Waals surface area contributed by atoms with Gasteiger partial charge in [0.2, 0.25) is 0 Å². The average molecular weight is 218 g/mol. The van der Waals surface area contributed by atoms with Crippen LogP contribution < -0.4 is 5.73 Å². The Hall–Kier alpha value is -0.640. The van der Waals surface area contributed by atoms with Crippen LogP contribution in [0.25, 0.3) is 0 Å². The Kier molecular flexibility index (Phi) is 3.14. The summed E-state index contributed by atoms with van der Waals surface area (Å²) in [6.45, 7) is 3.26. The van der Waals surface area contributed by atoms with Crippen LogP contribution in [0.3, 0.4) is 0 Å². The van der Waals surface area contributed by atoms with Gasteiger partial charge >= 0.3 is 0 Å². The second kappa shape index (κ2) is 3.85. The normalized spacial score (nSPS) is 14.1. The van der Waals surface area contributed by atoms with Gasteiger partial charge in [0.15, 0.2) is 0 Å². The molecule has 0 aliphatic rings. The maximum atomic E-state index is 13.3. The molecular formula is C10H13ClFNO. The van der Waals surface area contributed by atoms with Crippen LogP contribution in [-0.2, 0) is 0 Å². The lowest BCUT2D eigenvalue weighted by Crippen LogP contribution is -2.39. The summed E-state index contributed by atoms with van der Waals surface area (Å²) < 4.78 is 13.3. The summed E-state index contributed by atoms with van der Waals surface area (Å²) in [6.07, 6.45) is -1.04. The molecule has 1 unspecified atom stereocenters. The summed E-state index contributed by atoms with van der Waals surface area (Å²) in [5.41, 5.74) is 4.96. The molecule has 0 spiro atoms. The Balaban J connectivity index is 3.08. The summed E-state index contributed by atoms with van der Waals surface area (Å²) >= 11 is 5.58. The third kappa shape index (κ3) is 2.44. The quantitative estimate of drug-likeness (QED) is 0.798. The van der Waals surface area contributed by atoms with Gasteiger partial charge in [-0.15, -0.1) is 0 Å². The Morgan fingerprint density at radius 2 is 2.07 bits per heavy atom. The maximum Gasteiger partial charge on any atom is 0.130 e. The fourth-order valence-corrected chi connectivity index (χ4v) is 1.28. The molecular weight excluding hydrogens is 205 g/mol. The van der Waals surface area contributed by atoms with E-state index in [0.29, 0.717) is 5.02 Å². The van der Waals surface area contributed by atoms with E-state index in [-0.39, 0.29) is 5.56 Å². The minimum Gasteiger partial charge on any atom is -0.386 e. The smallest absolute Gasteiger partial charge is 0.130 e. The summed E-state index contributed by atoms with van der Waals surface area (Å²) in [5.74, 6) is -0.538. The van der Waals surface area contributed by atoms with Crippen molar-refractivity contribution in [3.05, 3.63) is 34.6 Å². The number of aliphatic hydroxyl groups excluding tert-OH is 1. The molecule has 1 aromatic rings. The fraction of sp³-hybridized carbons (Fsp3) is 0.400. The van der Waals surface area contributed by atoms with Gasteiger partial charge in [-0.2, -0.15) is 0 Å². The van der Waals surface area contributed by atoms with Crippen LogP contribution in [0.2, 0.25) is 5.02 Å². The van der Waals surface area contributed by atoms with E-state index in [1.165, 1.54) is 12.1 Å². The highest BCUT2D eigenvalue weighted by Gasteiger charge is 2.26. The molecule has 3 N–H and O–H groups in total. The first-order valence-electron chi connectivity index (χ1n) is 4.24. The highest BCUT2D eigenvalue weighted by molar-refractivity contribution is 6.30. The van der Waals surface area contributed by atoms with E-state index in [1.54, 1.807) is 13.8 Å². The molecule has 2 nitrogen and oxygen atoms in total. The number of aliphatic hydroxyl groups is 1. The standard InChI is InChI=1S/C10H13ClFNO/c1-10(2,13)9(14)7-4-3-6(11)5-8(7)12/h3-5,9,14H,13H2,1-2H3. The lowest BCUT2D eigenvalue weighted by Gasteiger charge is -2.26. The average Bonchev–Trinajstić information content (AvgIpc) is 2.01. The van der Waals surface area contributed by atoms with Crippen LogP contribution in [0.1, 0.15) is 25.5 Å². The van der Waals surface area contributed by atoms with E-state index < -0.39 is 17.5 Å². The molecule has 0 aliphatic heterocycles. The highest BCUT2D eigenvalue weighted by atomic mass is 35.5. The first-order valence-corrected chi connectivity index (χ1v) is 4.62. The first kappa shape index (κ1) is 11.4. The van der Waals surface area contributed by atoms with Crippen LogP contribution >= 0.6 is 11.6 Å². The van der Waals surface area contributed by atoms with E-state index >= 15 is 0 Å². The van der Waals surface area contributed by atoms with Crippen molar-refractivity contribution in [3.8, 4) is 0 Å². The summed E-state index contributed by atoms with van der Waals surface area (Å²) in [7, 11) is 0. The SMILES string of the molecule is CC(C)(N)C(O)c1ccc(Cl)cc1F. The number of halogens is 2. The van der Waals surface area contributed by atoms with Crippen molar-refractivity contribution < 1.29 is 9.50 Å². The summed E-state index contributed by atoms with van der Waals surface area (Å²) in [5, 5.41) is 10.0. The lowest BCUT2D eigenvalue weighted by atomic mass is 9.92. The van der Waals surface area contributed by atoms with Crippen molar-refractivity contribution in [3.63, 3.8) is 0 Å². The molecule has 0 bridgehead atoms. The van der Waals surface area contributed by atoms with Crippen LogP contribution in [0.15, 0.2) is 18.2 Å². The minimum atomic E-state index is -1.04. The second-order valence-corrected chi connectivity index (χ2v) is 4.33. The van der Waals surface area contributed by atoms with Gasteiger partial charge in [-0.3, -0.25) is 0 Å². The monoisotopic (exact) mass is 217 g/mol. The maximum absolute atomic E-state index is 13.3. The summed E-state index contributed by atoms with van der Waals surface area (Å²) in [6, 6.07) is 4.12. The second-order valence-electron chi connectivity index (χ2n) is 3.89. The molecule has 0 aliphatic carbocycles. The highest BCUT2D eigenvalue weighted by Crippen LogP contribution is 2.27. The zero-order valence-electron chi connectivity index (χ0n) is 8.09. The molecule has 1 rings (SSSR count). The predicted octanol–water partition coefficient (Wildman–Crippen LogP) is 2.25. The third-order valence-corrected chi connectivity index (χ3v) is 2.20. The van der Waals surface area contributed by atoms with Crippen LogP contribution in [0, 0.1) is 5.82 Å². The molecule has 0 fully saturated rings. The topological polar surface area (TPSA) is 46.2 Å². The van der Waals surface area contributed by atoms with E-state index in [2.05, 4.69) is 0 Å². The molecule has 0 saturated carbocycles. The van der Waals surface area contributed by atoms with E-state index in [0.717, 1.165) is 6.07 Å². The van der Waals surface area contributed by atoms with Crippen molar-refractivity contribution in [2.24, 2.45) is 5.73 Å². The Labute approximate surface area is 87.5 Å². The molecule has 0 radical (unpaired) electrons. The van der Waals surface area contributed by atoms with E-state index in [1.807, 2.05) is 0 Å². The zero-order valence-corrected chi connectivity index (χ0v) is 8.85. The van der Waals surface area contributed by atoms with Crippen molar-refractivity contribution >= 4 is 11.6 Å². The number of rotatable bonds is 2. The van der Waals surface area contributed by atoms with Gasteiger partial charge in [-0.25, -0.2) is 4.39 Å². The lowest BCUT2D eigenvalue weighted by molar-refractivity contribution is 0.101. The molecule has 1 atom stereocenters. The van der Waals surface area contributed by atoms with Crippen molar-refractivity contribution in [1.29, 1.82) is 0 Å². The van der Waals surface area contributed by atoms with Crippen LogP contribution in [0.4, 0.5) is 4.39 Å². The van der Waals surface area contributed by atoms with Gasteiger partial charge in [-0.05, 0) is 26.0 Å². The largest absolute Gasteiger partial charge is 0.386 e. The van der Waals surface area contributed by atoms with Gasteiger partial charge < -0.3 is 10.8 Å². The van der Waals surface area contributed by atoms with Crippen molar-refractivity contribution in [2.45, 2.75) is 25.5 Å². The first-order chi connectivity index (χ1) is 6.32. The van der Waals surface area contributed by atoms with Crippen LogP contribution in [-0.4, -0.2) is 10.6 Å². The molecule has 0 amide bonds. The predicted molar refractivity (Wildman–Crippen MR) is 54.6 cm³/mol. The third-order valence-electron chi connectivity index (χ3n) is 1.96. The van der Waals surface area contributed by atoms with E-state index in [4.69, 9.17) is 17.3 Å². The molecule has 0 aromatic heterocycles. The Morgan fingerprint density at radius 3 is 2.50 bits per heavy atom. The van der Waals surface area contributed by atoms with Gasteiger partial charge in [0.05, 0.1) is 6.10 Å². The zero-order chi connectivity index (χ0) is 10.9. The molecule has 1 aromatic carbocycles. The fourth-order valence-electron chi connectivity index (χ4n) is 1.12. The molecule has 0 heterocycles. The van der Waals surface area contributed by atoms with Crippen molar-refractivity contribution in [2.75, 3.05) is 0 Å².